The van der Waals surface area contributed by atoms with E-state index in [0.29, 0.717) is 13.0 Å². The van der Waals surface area contributed by atoms with Gasteiger partial charge in [0.25, 0.3) is 0 Å². The molecule has 0 radical (unpaired) electrons. The Morgan fingerprint density at radius 2 is 2.11 bits per heavy atom. The molecule has 0 bridgehead atoms. The molecule has 5 heteroatoms. The minimum atomic E-state index is 0. The Morgan fingerprint density at radius 3 is 2.72 bits per heavy atom. The summed E-state index contributed by atoms with van der Waals surface area (Å²) < 4.78 is 11.2. The Kier molecular flexibility index (Phi) is 7.05. The van der Waals surface area contributed by atoms with E-state index in [1.54, 1.807) is 0 Å². The van der Waals surface area contributed by atoms with Gasteiger partial charge in [0.05, 0.1) is 6.61 Å². The Morgan fingerprint density at radius 1 is 1.33 bits per heavy atom. The van der Waals surface area contributed by atoms with Crippen LogP contribution < -0.4 is 10.1 Å². The summed E-state index contributed by atoms with van der Waals surface area (Å²) in [6.07, 6.45) is 0.830. The first kappa shape index (κ1) is 15.2. The molecule has 0 aromatic heterocycles. The van der Waals surface area contributed by atoms with Gasteiger partial charge >= 0.3 is 0 Å². The number of halogens is 1. The van der Waals surface area contributed by atoms with Crippen LogP contribution in [0.25, 0.3) is 0 Å². The van der Waals surface area contributed by atoms with Gasteiger partial charge < -0.3 is 19.9 Å². The molecule has 102 valence electrons. The third-order valence-electron chi connectivity index (χ3n) is 2.76. The molecule has 4 nitrogen and oxygen atoms in total. The van der Waals surface area contributed by atoms with Crippen molar-refractivity contribution < 1.29 is 14.6 Å². The van der Waals surface area contributed by atoms with Gasteiger partial charge in [-0.15, -0.1) is 12.4 Å². The molecule has 1 fully saturated rings. The minimum absolute atomic E-state index is 0. The van der Waals surface area contributed by atoms with Crippen molar-refractivity contribution in [3.8, 4) is 5.75 Å². The molecular weight excluding hydrogens is 254 g/mol. The number of aliphatic hydroxyl groups is 1. The molecule has 0 amide bonds. The van der Waals surface area contributed by atoms with Crippen LogP contribution in [0.3, 0.4) is 0 Å². The van der Waals surface area contributed by atoms with Gasteiger partial charge in [0.1, 0.15) is 18.5 Å². The molecule has 1 atom stereocenters. The van der Waals surface area contributed by atoms with E-state index in [1.807, 2.05) is 24.3 Å². The molecule has 1 unspecified atom stereocenters. The predicted octanol–water partition coefficient (Wildman–Crippen LogP) is 1.01. The highest BCUT2D eigenvalue weighted by atomic mass is 35.5. The van der Waals surface area contributed by atoms with Gasteiger partial charge in [-0.1, -0.05) is 12.1 Å². The minimum Gasteiger partial charge on any atom is -0.491 e. The average molecular weight is 274 g/mol. The topological polar surface area (TPSA) is 50.7 Å². The first-order chi connectivity index (χ1) is 8.38. The van der Waals surface area contributed by atoms with Crippen LogP contribution in [0.4, 0.5) is 0 Å². The SMILES string of the molecule is Cl.OCCc1ccc(OCC2CNCCO2)cc1. The maximum absolute atomic E-state index is 8.81. The van der Waals surface area contributed by atoms with Crippen molar-refractivity contribution in [1.29, 1.82) is 0 Å². The van der Waals surface area contributed by atoms with Gasteiger partial charge in [-0.25, -0.2) is 0 Å². The summed E-state index contributed by atoms with van der Waals surface area (Å²) >= 11 is 0. The van der Waals surface area contributed by atoms with Gasteiger partial charge in [0.15, 0.2) is 0 Å². The molecule has 1 aliphatic heterocycles. The monoisotopic (exact) mass is 273 g/mol. The Bertz CT molecular complexity index is 326. The maximum atomic E-state index is 8.81. The number of rotatable bonds is 5. The predicted molar refractivity (Wildman–Crippen MR) is 72.6 cm³/mol. The van der Waals surface area contributed by atoms with E-state index < -0.39 is 0 Å². The Hall–Kier alpha value is -0.810. The Labute approximate surface area is 114 Å². The average Bonchev–Trinajstić information content (AvgIpc) is 2.40. The van der Waals surface area contributed by atoms with Crippen molar-refractivity contribution >= 4 is 12.4 Å². The maximum Gasteiger partial charge on any atom is 0.119 e. The normalized spacial score (nSPS) is 19.1. The van der Waals surface area contributed by atoms with E-state index in [1.165, 1.54) is 0 Å². The number of morpholine rings is 1. The van der Waals surface area contributed by atoms with Gasteiger partial charge in [-0.2, -0.15) is 0 Å². The van der Waals surface area contributed by atoms with E-state index in [9.17, 15) is 0 Å². The van der Waals surface area contributed by atoms with Crippen LogP contribution in [0.15, 0.2) is 24.3 Å². The summed E-state index contributed by atoms with van der Waals surface area (Å²) in [5.41, 5.74) is 1.12. The zero-order valence-corrected chi connectivity index (χ0v) is 11.1. The fourth-order valence-corrected chi connectivity index (χ4v) is 1.80. The highest BCUT2D eigenvalue weighted by molar-refractivity contribution is 5.85. The lowest BCUT2D eigenvalue weighted by Crippen LogP contribution is -2.41. The molecule has 2 rings (SSSR count). The zero-order valence-electron chi connectivity index (χ0n) is 10.3. The lowest BCUT2D eigenvalue weighted by molar-refractivity contribution is 0.000193. The van der Waals surface area contributed by atoms with Crippen LogP contribution in [0.1, 0.15) is 5.56 Å². The number of hydrogen-bond donors (Lipinski definition) is 2. The molecule has 0 spiro atoms. The third-order valence-corrected chi connectivity index (χ3v) is 2.76. The molecule has 1 aromatic carbocycles. The molecule has 1 saturated heterocycles. The van der Waals surface area contributed by atoms with Crippen LogP contribution in [0.2, 0.25) is 0 Å². The van der Waals surface area contributed by atoms with Crippen LogP contribution in [0, 0.1) is 0 Å². The van der Waals surface area contributed by atoms with E-state index in [2.05, 4.69) is 5.32 Å². The van der Waals surface area contributed by atoms with Gasteiger partial charge in [-0.05, 0) is 24.1 Å². The van der Waals surface area contributed by atoms with E-state index in [0.717, 1.165) is 31.0 Å². The van der Waals surface area contributed by atoms with Crippen LogP contribution in [-0.4, -0.2) is 44.1 Å². The molecule has 0 saturated carbocycles. The molecule has 1 heterocycles. The summed E-state index contributed by atoms with van der Waals surface area (Å²) in [7, 11) is 0. The first-order valence-electron chi connectivity index (χ1n) is 6.03. The summed E-state index contributed by atoms with van der Waals surface area (Å²) in [6.45, 7) is 3.28. The largest absolute Gasteiger partial charge is 0.491 e. The number of aliphatic hydroxyl groups excluding tert-OH is 1. The standard InChI is InChI=1S/C13H19NO3.ClH/c15-7-5-11-1-3-12(4-2-11)17-10-13-9-14-6-8-16-13;/h1-4,13-15H,5-10H2;1H. The second-order valence-corrected chi connectivity index (χ2v) is 4.13. The van der Waals surface area contributed by atoms with E-state index in [4.69, 9.17) is 14.6 Å². The molecule has 1 aromatic rings. The summed E-state index contributed by atoms with van der Waals surface area (Å²) in [5.74, 6) is 0.848. The smallest absolute Gasteiger partial charge is 0.119 e. The number of nitrogens with one attached hydrogen (secondary N) is 1. The second kappa shape index (κ2) is 8.32. The lowest BCUT2D eigenvalue weighted by Gasteiger charge is -2.23. The molecule has 1 aliphatic rings. The van der Waals surface area contributed by atoms with Crippen molar-refractivity contribution in [2.45, 2.75) is 12.5 Å². The molecule has 0 aliphatic carbocycles. The number of ether oxygens (including phenoxy) is 2. The van der Waals surface area contributed by atoms with Crippen LogP contribution in [0.5, 0.6) is 5.75 Å². The van der Waals surface area contributed by atoms with Gasteiger partial charge in [-0.3, -0.25) is 0 Å². The fraction of sp³-hybridized carbons (Fsp3) is 0.538. The lowest BCUT2D eigenvalue weighted by atomic mass is 10.1. The molecule has 2 N–H and O–H groups in total. The van der Waals surface area contributed by atoms with Crippen molar-refractivity contribution in [3.63, 3.8) is 0 Å². The van der Waals surface area contributed by atoms with Crippen LogP contribution >= 0.6 is 12.4 Å². The number of benzene rings is 1. The van der Waals surface area contributed by atoms with Gasteiger partial charge in [0, 0.05) is 19.7 Å². The van der Waals surface area contributed by atoms with E-state index >= 15 is 0 Å². The Balaban J connectivity index is 0.00000162. The van der Waals surface area contributed by atoms with Crippen molar-refractivity contribution in [2.24, 2.45) is 0 Å². The van der Waals surface area contributed by atoms with Crippen molar-refractivity contribution in [2.75, 3.05) is 32.9 Å². The van der Waals surface area contributed by atoms with Gasteiger partial charge in [0.2, 0.25) is 0 Å². The molecule has 18 heavy (non-hydrogen) atoms. The highest BCUT2D eigenvalue weighted by Crippen LogP contribution is 2.13. The van der Waals surface area contributed by atoms with Crippen molar-refractivity contribution in [3.05, 3.63) is 29.8 Å². The van der Waals surface area contributed by atoms with Crippen molar-refractivity contribution in [1.82, 2.24) is 5.32 Å². The quantitative estimate of drug-likeness (QED) is 0.841. The second-order valence-electron chi connectivity index (χ2n) is 4.13. The summed E-state index contributed by atoms with van der Waals surface area (Å²) in [5, 5.41) is 12.1. The molecular formula is C13H20ClNO3. The van der Waals surface area contributed by atoms with E-state index in [-0.39, 0.29) is 25.1 Å². The third kappa shape index (κ3) is 4.82. The highest BCUT2D eigenvalue weighted by Gasteiger charge is 2.13. The number of hydrogen-bond acceptors (Lipinski definition) is 4. The fourth-order valence-electron chi connectivity index (χ4n) is 1.80. The zero-order chi connectivity index (χ0) is 11.9. The summed E-state index contributed by atoms with van der Waals surface area (Å²) in [6, 6.07) is 7.82. The first-order valence-corrected chi connectivity index (χ1v) is 6.03. The summed E-state index contributed by atoms with van der Waals surface area (Å²) in [4.78, 5) is 0. The van der Waals surface area contributed by atoms with Crippen LogP contribution in [-0.2, 0) is 11.2 Å².